The second kappa shape index (κ2) is 6.02. The normalized spacial score (nSPS) is 9.67. The molecule has 0 heterocycles. The Balaban J connectivity index is 2.56. The van der Waals surface area contributed by atoms with Gasteiger partial charge in [0.05, 0.1) is 6.61 Å². The van der Waals surface area contributed by atoms with E-state index >= 15 is 0 Å². The van der Waals surface area contributed by atoms with Crippen molar-refractivity contribution in [1.82, 2.24) is 0 Å². The van der Waals surface area contributed by atoms with E-state index < -0.39 is 0 Å². The highest BCUT2D eigenvalue weighted by atomic mass is 16.5. The highest BCUT2D eigenvalue weighted by molar-refractivity contribution is 5.95. The maximum Gasteiger partial charge on any atom is 0.162 e. The summed E-state index contributed by atoms with van der Waals surface area (Å²) in [6, 6.07) is 7.25. The average molecular weight is 204 g/mol. The van der Waals surface area contributed by atoms with Crippen LogP contribution in [0.15, 0.2) is 36.9 Å². The van der Waals surface area contributed by atoms with Crippen LogP contribution in [0.3, 0.4) is 0 Å². The lowest BCUT2D eigenvalue weighted by Gasteiger charge is -2.04. The predicted octanol–water partition coefficient (Wildman–Crippen LogP) is 3.23. The number of ether oxygens (including phenoxy) is 1. The molecule has 0 spiro atoms. The van der Waals surface area contributed by atoms with Crippen molar-refractivity contribution in [1.29, 1.82) is 0 Å². The van der Waals surface area contributed by atoms with Crippen LogP contribution < -0.4 is 4.74 Å². The minimum atomic E-state index is 0.160. The van der Waals surface area contributed by atoms with Crippen molar-refractivity contribution < 1.29 is 9.53 Å². The summed E-state index contributed by atoms with van der Waals surface area (Å²) in [5.74, 6) is 0.956. The molecule has 0 fully saturated rings. The Kier molecular flexibility index (Phi) is 4.61. The lowest BCUT2D eigenvalue weighted by molar-refractivity contribution is 0.0988. The van der Waals surface area contributed by atoms with Crippen LogP contribution >= 0.6 is 0 Å². The molecule has 0 aliphatic rings. The molecule has 2 nitrogen and oxygen atoms in total. The highest BCUT2D eigenvalue weighted by Crippen LogP contribution is 2.13. The molecule has 2 heteroatoms. The number of Topliss-reactive ketones (excluding diaryl/α,β-unsaturated/α-hetero) is 1. The van der Waals surface area contributed by atoms with Crippen LogP contribution in [-0.4, -0.2) is 12.4 Å². The van der Waals surface area contributed by atoms with Crippen LogP contribution in [-0.2, 0) is 0 Å². The first kappa shape index (κ1) is 11.5. The van der Waals surface area contributed by atoms with Gasteiger partial charge in [-0.15, -0.1) is 6.58 Å². The van der Waals surface area contributed by atoms with Gasteiger partial charge in [-0.3, -0.25) is 4.79 Å². The van der Waals surface area contributed by atoms with Gasteiger partial charge in [0.25, 0.3) is 0 Å². The maximum absolute atomic E-state index is 11.3. The van der Waals surface area contributed by atoms with E-state index in [2.05, 4.69) is 6.58 Å². The summed E-state index contributed by atoms with van der Waals surface area (Å²) >= 11 is 0. The molecule has 15 heavy (non-hydrogen) atoms. The van der Waals surface area contributed by atoms with Crippen LogP contribution in [0, 0.1) is 0 Å². The molecule has 1 aromatic rings. The Hall–Kier alpha value is -1.57. The van der Waals surface area contributed by atoms with E-state index in [9.17, 15) is 4.79 Å². The molecule has 0 aliphatic carbocycles. The van der Waals surface area contributed by atoms with Gasteiger partial charge in [0, 0.05) is 12.0 Å². The number of ketones is 1. The van der Waals surface area contributed by atoms with Crippen LogP contribution in [0.1, 0.15) is 30.1 Å². The number of rotatable bonds is 6. The van der Waals surface area contributed by atoms with Crippen molar-refractivity contribution >= 4 is 5.78 Å². The maximum atomic E-state index is 11.3. The second-order valence-corrected chi connectivity index (χ2v) is 3.23. The highest BCUT2D eigenvalue weighted by Gasteiger charge is 2.02. The monoisotopic (exact) mass is 204 g/mol. The minimum Gasteiger partial charge on any atom is -0.493 e. The largest absolute Gasteiger partial charge is 0.493 e. The van der Waals surface area contributed by atoms with E-state index in [1.807, 2.05) is 25.1 Å². The summed E-state index contributed by atoms with van der Waals surface area (Å²) in [6.07, 6.45) is 3.18. The second-order valence-electron chi connectivity index (χ2n) is 3.23. The Labute approximate surface area is 90.6 Å². The first-order valence-electron chi connectivity index (χ1n) is 5.15. The minimum absolute atomic E-state index is 0.160. The Morgan fingerprint density at radius 2 is 2.07 bits per heavy atom. The molecule has 0 unspecified atom stereocenters. The fraction of sp³-hybridized carbons (Fsp3) is 0.308. The van der Waals surface area contributed by atoms with Gasteiger partial charge in [0.2, 0.25) is 0 Å². The number of hydrogen-bond donors (Lipinski definition) is 0. The summed E-state index contributed by atoms with van der Waals surface area (Å²) in [6.45, 7) is 6.10. The summed E-state index contributed by atoms with van der Waals surface area (Å²) in [7, 11) is 0. The first-order valence-corrected chi connectivity index (χ1v) is 5.15. The molecule has 0 atom stereocenters. The lowest BCUT2D eigenvalue weighted by atomic mass is 10.1. The van der Waals surface area contributed by atoms with E-state index in [0.717, 1.165) is 17.7 Å². The Bertz CT molecular complexity index is 325. The van der Waals surface area contributed by atoms with Crippen LogP contribution in [0.2, 0.25) is 0 Å². The molecule has 0 saturated carbocycles. The van der Waals surface area contributed by atoms with Crippen molar-refractivity contribution in [3.63, 3.8) is 0 Å². The van der Waals surface area contributed by atoms with E-state index in [1.54, 1.807) is 12.1 Å². The lowest BCUT2D eigenvalue weighted by Crippen LogP contribution is -1.98. The molecule has 0 radical (unpaired) electrons. The third-order valence-corrected chi connectivity index (χ3v) is 2.09. The summed E-state index contributed by atoms with van der Waals surface area (Å²) in [5, 5.41) is 0. The summed E-state index contributed by atoms with van der Waals surface area (Å²) in [4.78, 5) is 11.3. The van der Waals surface area contributed by atoms with Crippen molar-refractivity contribution in [2.24, 2.45) is 0 Å². The molecule has 0 saturated heterocycles. The van der Waals surface area contributed by atoms with E-state index in [1.165, 1.54) is 0 Å². The fourth-order valence-corrected chi connectivity index (χ4v) is 1.20. The molecule has 0 amide bonds. The summed E-state index contributed by atoms with van der Waals surface area (Å²) in [5.41, 5.74) is 0.744. The van der Waals surface area contributed by atoms with Gasteiger partial charge < -0.3 is 4.74 Å². The van der Waals surface area contributed by atoms with Gasteiger partial charge in [-0.1, -0.05) is 13.0 Å². The third kappa shape index (κ3) is 3.58. The molecule has 80 valence electrons. The van der Waals surface area contributed by atoms with E-state index in [4.69, 9.17) is 4.74 Å². The molecular formula is C13H16O2. The number of carbonyl (C=O) groups excluding carboxylic acids is 1. The molecular weight excluding hydrogens is 188 g/mol. The average Bonchev–Trinajstić information content (AvgIpc) is 2.29. The van der Waals surface area contributed by atoms with Gasteiger partial charge in [0.15, 0.2) is 5.78 Å². The fourth-order valence-electron chi connectivity index (χ4n) is 1.20. The van der Waals surface area contributed by atoms with Crippen LogP contribution in [0.25, 0.3) is 0 Å². The number of carbonyl (C=O) groups is 1. The van der Waals surface area contributed by atoms with Crippen LogP contribution in [0.4, 0.5) is 0 Å². The Morgan fingerprint density at radius 1 is 1.40 bits per heavy atom. The van der Waals surface area contributed by atoms with Crippen LogP contribution in [0.5, 0.6) is 5.75 Å². The molecule has 0 N–H and O–H groups in total. The molecule has 1 rings (SSSR count). The third-order valence-electron chi connectivity index (χ3n) is 2.09. The molecule has 0 aliphatic heterocycles. The van der Waals surface area contributed by atoms with Crippen molar-refractivity contribution in [2.45, 2.75) is 19.8 Å². The smallest absolute Gasteiger partial charge is 0.162 e. The van der Waals surface area contributed by atoms with Crippen molar-refractivity contribution in [2.75, 3.05) is 6.61 Å². The topological polar surface area (TPSA) is 26.3 Å². The first-order chi connectivity index (χ1) is 7.27. The Morgan fingerprint density at radius 3 is 2.60 bits per heavy atom. The van der Waals surface area contributed by atoms with Gasteiger partial charge in [-0.05, 0) is 30.7 Å². The standard InChI is InChI=1S/C13H16O2/c1-3-5-10-15-12-8-6-11(7-9-12)13(14)4-2/h3,6-9H,1,4-5,10H2,2H3. The van der Waals surface area contributed by atoms with Crippen molar-refractivity contribution in [3.05, 3.63) is 42.5 Å². The quantitative estimate of drug-likeness (QED) is 0.404. The number of benzene rings is 1. The van der Waals surface area contributed by atoms with E-state index in [0.29, 0.717) is 13.0 Å². The number of hydrogen-bond acceptors (Lipinski definition) is 2. The van der Waals surface area contributed by atoms with Gasteiger partial charge in [-0.2, -0.15) is 0 Å². The zero-order chi connectivity index (χ0) is 11.1. The zero-order valence-corrected chi connectivity index (χ0v) is 9.03. The predicted molar refractivity (Wildman–Crippen MR) is 61.4 cm³/mol. The summed E-state index contributed by atoms with van der Waals surface area (Å²) < 4.78 is 5.43. The SMILES string of the molecule is C=CCCOc1ccc(C(=O)CC)cc1. The molecule has 0 aromatic heterocycles. The van der Waals surface area contributed by atoms with Crippen molar-refractivity contribution in [3.8, 4) is 5.75 Å². The zero-order valence-electron chi connectivity index (χ0n) is 9.03. The van der Waals surface area contributed by atoms with Gasteiger partial charge in [0.1, 0.15) is 5.75 Å². The van der Waals surface area contributed by atoms with Gasteiger partial charge in [-0.25, -0.2) is 0 Å². The van der Waals surface area contributed by atoms with Gasteiger partial charge >= 0.3 is 0 Å². The molecule has 0 bridgehead atoms. The van der Waals surface area contributed by atoms with E-state index in [-0.39, 0.29) is 5.78 Å². The molecule has 1 aromatic carbocycles.